The van der Waals surface area contributed by atoms with Crippen LogP contribution in [0.5, 0.6) is 0 Å². The van der Waals surface area contributed by atoms with Gasteiger partial charge in [0, 0.05) is 18.0 Å². The summed E-state index contributed by atoms with van der Waals surface area (Å²) in [5.41, 5.74) is 4.35. The second-order valence-corrected chi connectivity index (χ2v) is 12.2. The molecule has 1 saturated carbocycles. The molecule has 4 aromatic rings. The molecular weight excluding hydrogens is 572 g/mol. The molecule has 9 nitrogen and oxygen atoms in total. The Hall–Kier alpha value is -4.22. The van der Waals surface area contributed by atoms with Crippen molar-refractivity contribution in [3.63, 3.8) is 0 Å². The van der Waals surface area contributed by atoms with Crippen LogP contribution in [0.4, 0.5) is 0 Å². The molecule has 2 aromatic carbocycles. The summed E-state index contributed by atoms with van der Waals surface area (Å²) in [5.74, 6) is -1.05. The van der Waals surface area contributed by atoms with Crippen molar-refractivity contribution in [2.24, 2.45) is 0 Å². The van der Waals surface area contributed by atoms with Crippen molar-refractivity contribution in [1.82, 2.24) is 20.2 Å². The maximum atomic E-state index is 13.2. The van der Waals surface area contributed by atoms with Crippen molar-refractivity contribution in [1.29, 1.82) is 0 Å². The first-order chi connectivity index (χ1) is 20.4. The maximum absolute atomic E-state index is 13.2. The molecule has 1 aliphatic carbocycles. The highest BCUT2D eigenvalue weighted by molar-refractivity contribution is 8.26. The lowest BCUT2D eigenvalue weighted by Gasteiger charge is -2.25. The van der Waals surface area contributed by atoms with Crippen molar-refractivity contribution >= 4 is 63.2 Å². The van der Waals surface area contributed by atoms with Crippen LogP contribution >= 0.6 is 24.0 Å². The molecule has 2 aliphatic rings. The summed E-state index contributed by atoms with van der Waals surface area (Å²) in [7, 11) is 0. The van der Waals surface area contributed by atoms with Crippen LogP contribution < -0.4 is 10.6 Å². The molecule has 6 rings (SSSR count). The molecule has 0 radical (unpaired) electrons. The van der Waals surface area contributed by atoms with Gasteiger partial charge in [-0.15, -0.1) is 0 Å². The minimum Gasteiger partial charge on any atom is -0.480 e. The predicted molar refractivity (Wildman–Crippen MR) is 165 cm³/mol. The Balaban J connectivity index is 1.20. The van der Waals surface area contributed by atoms with E-state index in [2.05, 4.69) is 15.2 Å². The summed E-state index contributed by atoms with van der Waals surface area (Å²) in [6.07, 6.45) is 10.8. The van der Waals surface area contributed by atoms with E-state index in [1.807, 2.05) is 12.1 Å². The Bertz CT molecular complexity index is 1700. The number of thioether (sulfide) groups is 1. The van der Waals surface area contributed by atoms with Gasteiger partial charge in [-0.05, 0) is 54.3 Å². The highest BCUT2D eigenvalue weighted by atomic mass is 32.2. The molecule has 11 heteroatoms. The fourth-order valence-corrected chi connectivity index (χ4v) is 6.59. The molecule has 3 N–H and O–H groups in total. The van der Waals surface area contributed by atoms with Gasteiger partial charge in [0.25, 0.3) is 11.8 Å². The molecular formula is C31H28N4O5S2. The predicted octanol–water partition coefficient (Wildman–Crippen LogP) is 5.72. The first-order valence-corrected chi connectivity index (χ1v) is 15.0. The quantitative estimate of drug-likeness (QED) is 0.173. The van der Waals surface area contributed by atoms with Gasteiger partial charge in [-0.1, -0.05) is 67.5 Å². The minimum atomic E-state index is -1.13. The zero-order valence-electron chi connectivity index (χ0n) is 22.5. The number of nitrogens with one attached hydrogen (secondary N) is 2. The molecule has 0 bridgehead atoms. The molecule has 2 fully saturated rings. The third-order valence-corrected chi connectivity index (χ3v) is 8.80. The molecule has 2 amide bonds. The van der Waals surface area contributed by atoms with Gasteiger partial charge in [-0.2, -0.15) is 0 Å². The van der Waals surface area contributed by atoms with Crippen LogP contribution in [0.2, 0.25) is 0 Å². The van der Waals surface area contributed by atoms with E-state index in [-0.39, 0.29) is 12.3 Å². The fraction of sp³-hybridized carbons (Fsp3) is 0.258. The van der Waals surface area contributed by atoms with E-state index in [4.69, 9.17) is 21.6 Å². The standard InChI is InChI=1S/C31H28N4O5S2/c36-28(33-24(30(38)39)14-18-6-8-19(9-7-18)15-26-29(37)34-31(41)42-26)20-10-11-25-23(16-20)32-27(21-12-13-40-17-21)35(25)22-4-2-1-3-5-22/h6-13,15-17,22,24H,1-5,14H2,(H,33,36)(H,38,39)(H,34,37,41)/b26-15+/t24-/m0/s1. The average Bonchev–Trinajstić information content (AvgIpc) is 3.72. The number of benzene rings is 2. The molecule has 1 atom stereocenters. The highest BCUT2D eigenvalue weighted by Crippen LogP contribution is 2.36. The number of carboxylic acid groups (broad SMARTS) is 1. The first kappa shape index (κ1) is 27.9. The van der Waals surface area contributed by atoms with Crippen LogP contribution in [-0.2, 0) is 16.0 Å². The number of hydrogen-bond donors (Lipinski definition) is 3. The van der Waals surface area contributed by atoms with Gasteiger partial charge in [0.2, 0.25) is 0 Å². The second-order valence-electron chi connectivity index (χ2n) is 10.5. The molecule has 1 saturated heterocycles. The summed E-state index contributed by atoms with van der Waals surface area (Å²) < 4.78 is 8.00. The van der Waals surface area contributed by atoms with Gasteiger partial charge >= 0.3 is 5.97 Å². The summed E-state index contributed by atoms with van der Waals surface area (Å²) in [5, 5.41) is 15.1. The van der Waals surface area contributed by atoms with Crippen molar-refractivity contribution in [2.75, 3.05) is 0 Å². The van der Waals surface area contributed by atoms with Crippen LogP contribution in [0.3, 0.4) is 0 Å². The molecule has 2 aromatic heterocycles. The van der Waals surface area contributed by atoms with E-state index < -0.39 is 17.9 Å². The van der Waals surface area contributed by atoms with Crippen LogP contribution in [-0.4, -0.2) is 42.8 Å². The summed E-state index contributed by atoms with van der Waals surface area (Å²) in [4.78, 5) is 42.6. The number of thiocarbonyl (C=S) groups is 1. The average molecular weight is 601 g/mol. The number of furan rings is 1. The van der Waals surface area contributed by atoms with Gasteiger partial charge in [-0.25, -0.2) is 9.78 Å². The largest absolute Gasteiger partial charge is 0.480 e. The SMILES string of the molecule is O=C1NC(=S)S/C1=C/c1ccc(C[C@H](NC(=O)c2ccc3c(c2)nc(-c2ccoc2)n3C2CCCCC2)C(=O)O)cc1. The van der Waals surface area contributed by atoms with Gasteiger partial charge < -0.3 is 24.7 Å². The van der Waals surface area contributed by atoms with Crippen LogP contribution in [0.15, 0.2) is 70.4 Å². The number of carbonyl (C=O) groups excluding carboxylic acids is 2. The maximum Gasteiger partial charge on any atom is 0.326 e. The Kier molecular flexibility index (Phi) is 7.94. The van der Waals surface area contributed by atoms with E-state index in [0.29, 0.717) is 26.3 Å². The zero-order chi connectivity index (χ0) is 29.2. The lowest BCUT2D eigenvalue weighted by Crippen LogP contribution is -2.42. The van der Waals surface area contributed by atoms with Gasteiger partial charge in [0.15, 0.2) is 0 Å². The first-order valence-electron chi connectivity index (χ1n) is 13.8. The minimum absolute atomic E-state index is 0.0977. The molecule has 214 valence electrons. The number of aliphatic carboxylic acids is 1. The van der Waals surface area contributed by atoms with Crippen molar-refractivity contribution in [2.45, 2.75) is 50.6 Å². The number of carbonyl (C=O) groups is 3. The molecule has 3 heterocycles. The van der Waals surface area contributed by atoms with Crippen molar-refractivity contribution < 1.29 is 23.9 Å². The third-order valence-electron chi connectivity index (χ3n) is 7.63. The Morgan fingerprint density at radius 2 is 1.95 bits per heavy atom. The van der Waals surface area contributed by atoms with E-state index in [0.717, 1.165) is 53.7 Å². The normalized spacial score (nSPS) is 17.5. The number of aromatic nitrogens is 2. The van der Waals surface area contributed by atoms with E-state index in [9.17, 15) is 19.5 Å². The number of fused-ring (bicyclic) bond motifs is 1. The van der Waals surface area contributed by atoms with E-state index in [1.54, 1.807) is 55.0 Å². The molecule has 1 aliphatic heterocycles. The monoisotopic (exact) mass is 600 g/mol. The Morgan fingerprint density at radius 3 is 2.62 bits per heavy atom. The lowest BCUT2D eigenvalue weighted by atomic mass is 9.95. The number of rotatable bonds is 8. The molecule has 42 heavy (non-hydrogen) atoms. The Labute approximate surface area is 251 Å². The summed E-state index contributed by atoms with van der Waals surface area (Å²) in [6.45, 7) is 0. The van der Waals surface area contributed by atoms with Crippen LogP contribution in [0.25, 0.3) is 28.5 Å². The molecule has 0 spiro atoms. The Morgan fingerprint density at radius 1 is 1.17 bits per heavy atom. The lowest BCUT2D eigenvalue weighted by molar-refractivity contribution is -0.139. The fourth-order valence-electron chi connectivity index (χ4n) is 5.54. The van der Waals surface area contributed by atoms with Crippen LogP contribution in [0, 0.1) is 0 Å². The van der Waals surface area contributed by atoms with Gasteiger partial charge in [-0.3, -0.25) is 9.59 Å². The van der Waals surface area contributed by atoms with Crippen LogP contribution in [0.1, 0.15) is 59.6 Å². The second kappa shape index (κ2) is 11.9. The number of carboxylic acids is 1. The number of hydrogen-bond acceptors (Lipinski definition) is 7. The van der Waals surface area contributed by atoms with Crippen molar-refractivity contribution in [3.05, 3.63) is 82.7 Å². The number of nitrogens with zero attached hydrogens (tertiary/aromatic N) is 2. The van der Waals surface area contributed by atoms with Crippen molar-refractivity contribution in [3.8, 4) is 11.4 Å². The number of amides is 2. The zero-order valence-corrected chi connectivity index (χ0v) is 24.2. The van der Waals surface area contributed by atoms with Gasteiger partial charge in [0.1, 0.15) is 22.4 Å². The summed E-state index contributed by atoms with van der Waals surface area (Å²) in [6, 6.07) is 13.6. The van der Waals surface area contributed by atoms with E-state index >= 15 is 0 Å². The smallest absolute Gasteiger partial charge is 0.326 e. The topological polar surface area (TPSA) is 126 Å². The molecule has 0 unspecified atom stereocenters. The highest BCUT2D eigenvalue weighted by Gasteiger charge is 2.26. The summed E-state index contributed by atoms with van der Waals surface area (Å²) >= 11 is 6.22. The van der Waals surface area contributed by atoms with Gasteiger partial charge in [0.05, 0.1) is 27.8 Å². The number of imidazole rings is 1. The van der Waals surface area contributed by atoms with E-state index in [1.165, 1.54) is 18.2 Å². The third kappa shape index (κ3) is 5.88.